The molecule has 0 saturated heterocycles. The van der Waals surface area contributed by atoms with Gasteiger partial charge in [0.15, 0.2) is 0 Å². The van der Waals surface area contributed by atoms with Crippen LogP contribution in [0.5, 0.6) is 0 Å². The summed E-state index contributed by atoms with van der Waals surface area (Å²) in [5, 5.41) is 2.57. The summed E-state index contributed by atoms with van der Waals surface area (Å²) in [6.45, 7) is 3.09. The molecule has 0 aromatic heterocycles. The number of alkyl halides is 3. The number of anilines is 2. The molecule has 4 rings (SSSR count). The molecule has 1 saturated carbocycles. The van der Waals surface area contributed by atoms with Gasteiger partial charge in [0.25, 0.3) is 0 Å². The lowest BCUT2D eigenvalue weighted by Crippen LogP contribution is -2.28. The molecule has 1 amide bonds. The number of hydrogen-bond donors (Lipinski definition) is 1. The van der Waals surface area contributed by atoms with E-state index in [0.717, 1.165) is 25.3 Å². The van der Waals surface area contributed by atoms with Crippen molar-refractivity contribution >= 4 is 29.2 Å². The van der Waals surface area contributed by atoms with Crippen molar-refractivity contribution in [1.29, 1.82) is 0 Å². The lowest BCUT2D eigenvalue weighted by atomic mass is 10.0. The second-order valence-electron chi connectivity index (χ2n) is 8.03. The Morgan fingerprint density at radius 1 is 1.23 bits per heavy atom. The van der Waals surface area contributed by atoms with E-state index in [-0.39, 0.29) is 16.9 Å². The highest BCUT2D eigenvalue weighted by atomic mass is 19.4. The molecule has 2 aromatic rings. The van der Waals surface area contributed by atoms with E-state index in [4.69, 9.17) is 0 Å². The van der Waals surface area contributed by atoms with Gasteiger partial charge in [-0.25, -0.2) is 4.39 Å². The van der Waals surface area contributed by atoms with E-state index in [1.54, 1.807) is 11.0 Å². The largest absolute Gasteiger partial charge is 0.418 e. The Hall–Kier alpha value is -2.90. The highest BCUT2D eigenvalue weighted by Crippen LogP contribution is 2.41. The number of amides is 1. The average molecular weight is 433 g/mol. The van der Waals surface area contributed by atoms with Gasteiger partial charge in [-0.1, -0.05) is 13.0 Å². The zero-order valence-electron chi connectivity index (χ0n) is 17.0. The van der Waals surface area contributed by atoms with E-state index in [0.29, 0.717) is 24.7 Å². The molecular weight excluding hydrogens is 410 g/mol. The van der Waals surface area contributed by atoms with Crippen molar-refractivity contribution < 1.29 is 22.4 Å². The molecule has 31 heavy (non-hydrogen) atoms. The van der Waals surface area contributed by atoms with Gasteiger partial charge >= 0.3 is 6.18 Å². The first-order valence-corrected chi connectivity index (χ1v) is 10.4. The molecule has 1 aliphatic carbocycles. The second-order valence-corrected chi connectivity index (χ2v) is 8.03. The highest BCUT2D eigenvalue weighted by molar-refractivity contribution is 6.12. The maximum atomic E-state index is 14.2. The Morgan fingerprint density at radius 3 is 2.68 bits per heavy atom. The predicted octanol–water partition coefficient (Wildman–Crippen LogP) is 5.91. The zero-order valence-corrected chi connectivity index (χ0v) is 17.0. The van der Waals surface area contributed by atoms with E-state index in [1.165, 1.54) is 30.5 Å². The third-order valence-corrected chi connectivity index (χ3v) is 5.57. The van der Waals surface area contributed by atoms with Gasteiger partial charge in [0.05, 0.1) is 11.3 Å². The van der Waals surface area contributed by atoms with Crippen LogP contribution in [0.4, 0.5) is 34.6 Å². The van der Waals surface area contributed by atoms with Crippen LogP contribution in [0.2, 0.25) is 0 Å². The van der Waals surface area contributed by atoms with Crippen LogP contribution in [0.1, 0.15) is 43.2 Å². The smallest absolute Gasteiger partial charge is 0.371 e. The van der Waals surface area contributed by atoms with E-state index in [2.05, 4.69) is 10.3 Å². The molecule has 0 spiro atoms. The third kappa shape index (κ3) is 4.57. The SMILES string of the molecule is CCCN(CC1CC1)c1ccc(N=CC2C(=O)Nc3cccc(F)c32)cc1C(F)(F)F. The molecule has 8 heteroatoms. The highest BCUT2D eigenvalue weighted by Gasteiger charge is 2.36. The number of benzene rings is 2. The Morgan fingerprint density at radius 2 is 2.00 bits per heavy atom. The molecule has 164 valence electrons. The number of halogens is 4. The minimum absolute atomic E-state index is 0.0662. The van der Waals surface area contributed by atoms with Crippen molar-refractivity contribution in [2.45, 2.75) is 38.3 Å². The summed E-state index contributed by atoms with van der Waals surface area (Å²) >= 11 is 0. The lowest BCUT2D eigenvalue weighted by Gasteiger charge is -2.27. The van der Waals surface area contributed by atoms with Crippen LogP contribution in [0.25, 0.3) is 0 Å². The van der Waals surface area contributed by atoms with Crippen molar-refractivity contribution in [3.8, 4) is 0 Å². The summed E-state index contributed by atoms with van der Waals surface area (Å²) in [5.41, 5.74) is -0.0315. The summed E-state index contributed by atoms with van der Waals surface area (Å²) in [6, 6.07) is 8.23. The fourth-order valence-corrected chi connectivity index (χ4v) is 3.91. The molecule has 1 unspecified atom stereocenters. The molecule has 2 aromatic carbocycles. The Bertz CT molecular complexity index is 1010. The van der Waals surface area contributed by atoms with Crippen LogP contribution in [-0.4, -0.2) is 25.2 Å². The first-order valence-electron chi connectivity index (χ1n) is 10.4. The molecule has 1 fully saturated rings. The summed E-state index contributed by atoms with van der Waals surface area (Å²) in [7, 11) is 0. The molecule has 1 aliphatic heterocycles. The van der Waals surface area contributed by atoms with Gasteiger partial charge in [-0.3, -0.25) is 9.79 Å². The quantitative estimate of drug-likeness (QED) is 0.436. The maximum absolute atomic E-state index is 14.2. The molecule has 2 aliphatic rings. The number of nitrogens with zero attached hydrogens (tertiary/aromatic N) is 2. The van der Waals surface area contributed by atoms with Crippen LogP contribution in [0, 0.1) is 11.7 Å². The van der Waals surface area contributed by atoms with E-state index in [9.17, 15) is 22.4 Å². The molecule has 1 atom stereocenters. The number of carbonyl (C=O) groups is 1. The number of hydrogen-bond acceptors (Lipinski definition) is 3. The summed E-state index contributed by atoms with van der Waals surface area (Å²) in [6.07, 6.45) is -0.504. The third-order valence-electron chi connectivity index (χ3n) is 5.57. The van der Waals surface area contributed by atoms with E-state index in [1.807, 2.05) is 6.92 Å². The number of fused-ring (bicyclic) bond motifs is 1. The van der Waals surface area contributed by atoms with Gasteiger partial charge in [0.1, 0.15) is 11.7 Å². The molecule has 1 heterocycles. The molecule has 4 nitrogen and oxygen atoms in total. The van der Waals surface area contributed by atoms with Crippen molar-refractivity contribution in [3.63, 3.8) is 0 Å². The minimum atomic E-state index is -4.54. The van der Waals surface area contributed by atoms with Crippen LogP contribution >= 0.6 is 0 Å². The van der Waals surface area contributed by atoms with Gasteiger partial charge in [-0.2, -0.15) is 13.2 Å². The van der Waals surface area contributed by atoms with Gasteiger partial charge in [-0.15, -0.1) is 0 Å². The Kier molecular flexibility index (Phi) is 5.73. The molecule has 1 N–H and O–H groups in total. The Balaban J connectivity index is 1.65. The molecular formula is C23H23F4N3O. The van der Waals surface area contributed by atoms with Crippen LogP contribution in [0.3, 0.4) is 0 Å². The Labute approximate surface area is 178 Å². The fraction of sp³-hybridized carbons (Fsp3) is 0.391. The van der Waals surface area contributed by atoms with Crippen LogP contribution in [-0.2, 0) is 11.0 Å². The fourth-order valence-electron chi connectivity index (χ4n) is 3.91. The lowest BCUT2D eigenvalue weighted by molar-refractivity contribution is -0.137. The first-order chi connectivity index (χ1) is 14.8. The monoisotopic (exact) mass is 433 g/mol. The van der Waals surface area contributed by atoms with Crippen molar-refractivity contribution in [2.24, 2.45) is 10.9 Å². The number of carbonyl (C=O) groups excluding carboxylic acids is 1. The van der Waals surface area contributed by atoms with Gasteiger partial charge in [0, 0.05) is 36.2 Å². The number of nitrogens with one attached hydrogen (secondary N) is 1. The minimum Gasteiger partial charge on any atom is -0.371 e. The van der Waals surface area contributed by atoms with Gasteiger partial charge < -0.3 is 10.2 Å². The summed E-state index contributed by atoms with van der Waals surface area (Å²) < 4.78 is 55.7. The van der Waals surface area contributed by atoms with Gasteiger partial charge in [0.2, 0.25) is 5.91 Å². The van der Waals surface area contributed by atoms with E-state index >= 15 is 0 Å². The zero-order chi connectivity index (χ0) is 22.2. The van der Waals surface area contributed by atoms with Crippen molar-refractivity contribution in [3.05, 3.63) is 53.3 Å². The molecule has 0 radical (unpaired) electrons. The topological polar surface area (TPSA) is 44.7 Å². The normalized spacial score (nSPS) is 18.4. The predicted molar refractivity (Wildman–Crippen MR) is 113 cm³/mol. The molecule has 0 bridgehead atoms. The van der Waals surface area contributed by atoms with Crippen LogP contribution < -0.4 is 10.2 Å². The summed E-state index contributed by atoms with van der Waals surface area (Å²) in [4.78, 5) is 18.1. The second kappa shape index (κ2) is 8.32. The summed E-state index contributed by atoms with van der Waals surface area (Å²) in [5.74, 6) is -1.57. The standard InChI is InChI=1S/C23H23F4N3O/c1-2-10-30(13-14-6-7-14)20-9-8-15(11-17(20)23(25,26)27)28-12-16-21-18(24)4-3-5-19(21)29-22(16)31/h3-5,8-9,11-12,14,16H,2,6-7,10,13H2,1H3,(H,29,31). The number of rotatable bonds is 7. The van der Waals surface area contributed by atoms with Crippen molar-refractivity contribution in [2.75, 3.05) is 23.3 Å². The van der Waals surface area contributed by atoms with E-state index < -0.39 is 29.4 Å². The van der Waals surface area contributed by atoms with Crippen LogP contribution in [0.15, 0.2) is 41.4 Å². The van der Waals surface area contributed by atoms with Gasteiger partial charge in [-0.05, 0) is 55.5 Å². The number of aliphatic imine (C=N–C) groups is 1. The average Bonchev–Trinajstić information content (AvgIpc) is 3.47. The van der Waals surface area contributed by atoms with Crippen molar-refractivity contribution in [1.82, 2.24) is 0 Å². The maximum Gasteiger partial charge on any atom is 0.418 e. The first kappa shape index (κ1) is 21.3.